The van der Waals surface area contributed by atoms with Crippen LogP contribution in [0.25, 0.3) is 5.65 Å². The molecule has 0 atom stereocenters. The lowest BCUT2D eigenvalue weighted by atomic mass is 9.86. The fourth-order valence-corrected chi connectivity index (χ4v) is 2.11. The maximum absolute atomic E-state index is 4.40. The third-order valence-electron chi connectivity index (χ3n) is 2.77. The van der Waals surface area contributed by atoms with Gasteiger partial charge in [-0.25, -0.2) is 9.50 Å². The highest BCUT2D eigenvalue weighted by molar-refractivity contribution is 5.48. The van der Waals surface area contributed by atoms with E-state index in [1.807, 2.05) is 4.52 Å². The molecule has 0 bridgehead atoms. The lowest BCUT2D eigenvalue weighted by Gasteiger charge is -2.21. The normalized spacial score (nSPS) is 12.6. The average molecular weight is 217 g/mol. The van der Waals surface area contributed by atoms with Gasteiger partial charge in [0.25, 0.3) is 0 Å². The van der Waals surface area contributed by atoms with E-state index in [4.69, 9.17) is 0 Å². The number of aromatic nitrogens is 3. The van der Waals surface area contributed by atoms with Crippen LogP contribution in [0.4, 0.5) is 0 Å². The third-order valence-corrected chi connectivity index (χ3v) is 2.77. The first kappa shape index (κ1) is 11.1. The average Bonchev–Trinajstić information content (AvgIpc) is 2.55. The van der Waals surface area contributed by atoms with E-state index in [1.165, 1.54) is 11.3 Å². The Balaban J connectivity index is 2.80. The SMILES string of the molecule is CC(C)c1cc2nccnn2c1C(C)(C)C. The van der Waals surface area contributed by atoms with Gasteiger partial charge in [0.05, 0.1) is 11.9 Å². The van der Waals surface area contributed by atoms with Crippen LogP contribution in [0.3, 0.4) is 0 Å². The lowest BCUT2D eigenvalue weighted by molar-refractivity contribution is 0.538. The second kappa shape index (κ2) is 3.58. The minimum atomic E-state index is 0.0854. The van der Waals surface area contributed by atoms with E-state index in [9.17, 15) is 0 Å². The quantitative estimate of drug-likeness (QED) is 0.734. The first-order valence-electron chi connectivity index (χ1n) is 5.74. The van der Waals surface area contributed by atoms with Crippen molar-refractivity contribution in [3.8, 4) is 0 Å². The van der Waals surface area contributed by atoms with Crippen molar-refractivity contribution in [2.24, 2.45) is 0 Å². The number of fused-ring (bicyclic) bond motifs is 1. The van der Waals surface area contributed by atoms with Crippen LogP contribution in [0.2, 0.25) is 0 Å². The molecule has 2 heterocycles. The molecule has 0 aliphatic heterocycles. The molecule has 0 radical (unpaired) electrons. The van der Waals surface area contributed by atoms with Gasteiger partial charge in [0.2, 0.25) is 0 Å². The maximum atomic E-state index is 4.40. The van der Waals surface area contributed by atoms with Crippen molar-refractivity contribution in [3.63, 3.8) is 0 Å². The first-order valence-corrected chi connectivity index (χ1v) is 5.74. The van der Waals surface area contributed by atoms with Crippen LogP contribution in [0.15, 0.2) is 18.5 Å². The first-order chi connectivity index (χ1) is 7.41. The summed E-state index contributed by atoms with van der Waals surface area (Å²) in [4.78, 5) is 4.36. The minimum Gasteiger partial charge on any atom is -0.235 e. The van der Waals surface area contributed by atoms with Crippen molar-refractivity contribution in [1.82, 2.24) is 14.6 Å². The molecule has 0 spiro atoms. The third kappa shape index (κ3) is 1.70. The standard InChI is InChI=1S/C13H19N3/c1-9(2)10-8-11-14-6-7-15-16(11)12(10)13(3,4)5/h6-9H,1-5H3. The number of hydrogen-bond acceptors (Lipinski definition) is 2. The van der Waals surface area contributed by atoms with Gasteiger partial charge in [-0.1, -0.05) is 34.6 Å². The highest BCUT2D eigenvalue weighted by Crippen LogP contribution is 2.32. The van der Waals surface area contributed by atoms with Gasteiger partial charge in [0.15, 0.2) is 5.65 Å². The van der Waals surface area contributed by atoms with E-state index >= 15 is 0 Å². The molecule has 0 fully saturated rings. The van der Waals surface area contributed by atoms with E-state index in [2.05, 4.69) is 50.8 Å². The molecule has 0 aliphatic carbocycles. The largest absolute Gasteiger partial charge is 0.235 e. The molecule has 0 saturated heterocycles. The Kier molecular flexibility index (Phi) is 2.49. The Labute approximate surface area is 96.5 Å². The molecule has 0 N–H and O–H groups in total. The summed E-state index contributed by atoms with van der Waals surface area (Å²) in [6, 6.07) is 2.15. The predicted octanol–water partition coefficient (Wildman–Crippen LogP) is 3.15. The van der Waals surface area contributed by atoms with Crippen LogP contribution in [0, 0.1) is 0 Å². The van der Waals surface area contributed by atoms with Gasteiger partial charge >= 0.3 is 0 Å². The molecule has 16 heavy (non-hydrogen) atoms. The number of hydrogen-bond donors (Lipinski definition) is 0. The van der Waals surface area contributed by atoms with Gasteiger partial charge in [-0.15, -0.1) is 0 Å². The molecule has 0 aromatic carbocycles. The zero-order valence-corrected chi connectivity index (χ0v) is 10.7. The van der Waals surface area contributed by atoms with Crippen LogP contribution in [0.5, 0.6) is 0 Å². The molecule has 0 aliphatic rings. The van der Waals surface area contributed by atoms with Gasteiger partial charge in [-0.3, -0.25) is 0 Å². The smallest absolute Gasteiger partial charge is 0.154 e. The van der Waals surface area contributed by atoms with E-state index < -0.39 is 0 Å². The molecule has 2 aromatic rings. The summed E-state index contributed by atoms with van der Waals surface area (Å²) >= 11 is 0. The summed E-state index contributed by atoms with van der Waals surface area (Å²) in [5.41, 5.74) is 3.64. The van der Waals surface area contributed by atoms with Crippen molar-refractivity contribution in [1.29, 1.82) is 0 Å². The van der Waals surface area contributed by atoms with E-state index in [-0.39, 0.29) is 5.41 Å². The second-order valence-corrected chi connectivity index (χ2v) is 5.57. The molecular weight excluding hydrogens is 198 g/mol. The predicted molar refractivity (Wildman–Crippen MR) is 65.8 cm³/mol. The van der Waals surface area contributed by atoms with Crippen molar-refractivity contribution in [2.45, 2.75) is 46.0 Å². The van der Waals surface area contributed by atoms with Crippen LogP contribution in [-0.4, -0.2) is 14.6 Å². The monoisotopic (exact) mass is 217 g/mol. The molecule has 86 valence electrons. The molecule has 0 saturated carbocycles. The summed E-state index contributed by atoms with van der Waals surface area (Å²) in [6.45, 7) is 11.1. The Hall–Kier alpha value is -1.38. The fraction of sp³-hybridized carbons (Fsp3) is 0.538. The van der Waals surface area contributed by atoms with Crippen molar-refractivity contribution < 1.29 is 0 Å². The van der Waals surface area contributed by atoms with E-state index in [0.717, 1.165) is 5.65 Å². The van der Waals surface area contributed by atoms with Gasteiger partial charge in [0, 0.05) is 11.6 Å². The highest BCUT2D eigenvalue weighted by Gasteiger charge is 2.25. The zero-order chi connectivity index (χ0) is 11.9. The van der Waals surface area contributed by atoms with Crippen LogP contribution < -0.4 is 0 Å². The summed E-state index contributed by atoms with van der Waals surface area (Å²) in [5.74, 6) is 0.498. The van der Waals surface area contributed by atoms with Crippen LogP contribution >= 0.6 is 0 Å². The van der Waals surface area contributed by atoms with Crippen LogP contribution in [0.1, 0.15) is 51.8 Å². The zero-order valence-electron chi connectivity index (χ0n) is 10.7. The van der Waals surface area contributed by atoms with Gasteiger partial charge < -0.3 is 0 Å². The fourth-order valence-electron chi connectivity index (χ4n) is 2.11. The summed E-state index contributed by atoms with van der Waals surface area (Å²) in [5, 5.41) is 4.40. The lowest BCUT2D eigenvalue weighted by Crippen LogP contribution is -2.18. The van der Waals surface area contributed by atoms with E-state index in [0.29, 0.717) is 5.92 Å². The molecule has 0 unspecified atom stereocenters. The number of rotatable bonds is 1. The Morgan fingerprint density at radius 2 is 1.88 bits per heavy atom. The molecular formula is C13H19N3. The van der Waals surface area contributed by atoms with Crippen LogP contribution in [-0.2, 0) is 5.41 Å². The second-order valence-electron chi connectivity index (χ2n) is 5.57. The Bertz CT molecular complexity index is 503. The van der Waals surface area contributed by atoms with E-state index in [1.54, 1.807) is 12.4 Å². The Morgan fingerprint density at radius 3 is 2.44 bits per heavy atom. The molecule has 2 rings (SSSR count). The summed E-state index contributed by atoms with van der Waals surface area (Å²) in [6.07, 6.45) is 3.48. The Morgan fingerprint density at radius 1 is 1.19 bits per heavy atom. The van der Waals surface area contributed by atoms with Gasteiger partial charge in [-0.05, 0) is 17.5 Å². The van der Waals surface area contributed by atoms with Gasteiger partial charge in [-0.2, -0.15) is 5.10 Å². The summed E-state index contributed by atoms with van der Waals surface area (Å²) < 4.78 is 1.97. The number of nitrogens with zero attached hydrogens (tertiary/aromatic N) is 3. The topological polar surface area (TPSA) is 30.2 Å². The minimum absolute atomic E-state index is 0.0854. The molecule has 2 aromatic heterocycles. The van der Waals surface area contributed by atoms with Crippen molar-refractivity contribution in [3.05, 3.63) is 29.7 Å². The van der Waals surface area contributed by atoms with Crippen molar-refractivity contribution >= 4 is 5.65 Å². The van der Waals surface area contributed by atoms with Crippen molar-refractivity contribution in [2.75, 3.05) is 0 Å². The highest BCUT2D eigenvalue weighted by atomic mass is 15.3. The molecule has 3 nitrogen and oxygen atoms in total. The molecule has 0 amide bonds. The van der Waals surface area contributed by atoms with Gasteiger partial charge in [0.1, 0.15) is 0 Å². The maximum Gasteiger partial charge on any atom is 0.154 e. The summed E-state index contributed by atoms with van der Waals surface area (Å²) in [7, 11) is 0. The molecule has 3 heteroatoms.